The lowest BCUT2D eigenvalue weighted by atomic mass is 9.74. The molecule has 0 aliphatic heterocycles. The van der Waals surface area contributed by atoms with Crippen molar-refractivity contribution >= 4 is 17.7 Å². The first-order valence-corrected chi connectivity index (χ1v) is 6.70. The average molecular weight is 293 g/mol. The number of primary amides is 1. The maximum atomic E-state index is 11.6. The third-order valence-corrected chi connectivity index (χ3v) is 4.12. The molecule has 1 heterocycles. The molecule has 1 rings (SSSR count). The van der Waals surface area contributed by atoms with Crippen LogP contribution < -0.4 is 11.1 Å². The number of amides is 1. The van der Waals surface area contributed by atoms with Crippen molar-refractivity contribution in [3.8, 4) is 0 Å². The van der Waals surface area contributed by atoms with E-state index in [4.69, 9.17) is 5.73 Å². The number of carbonyl (C=O) groups excluding carboxylic acids is 1. The van der Waals surface area contributed by atoms with Gasteiger partial charge in [0, 0.05) is 11.2 Å². The quantitative estimate of drug-likeness (QED) is 0.771. The predicted octanol–water partition coefficient (Wildman–Crippen LogP) is 2.10. The molecule has 1 amide bonds. The zero-order chi connectivity index (χ0) is 16.6. The van der Waals surface area contributed by atoms with Gasteiger partial charge in [0.05, 0.1) is 11.0 Å². The first kappa shape index (κ1) is 16.9. The third-order valence-electron chi connectivity index (χ3n) is 4.12. The number of hydrogen-bond donors (Lipinski definition) is 3. The minimum atomic E-state index is -1.07. The summed E-state index contributed by atoms with van der Waals surface area (Å²) in [6.07, 6.45) is 0. The number of hydrogen-bond acceptors (Lipinski definition) is 4. The number of aliphatic carboxylic acids is 1. The lowest BCUT2D eigenvalue weighted by Crippen LogP contribution is -2.51. The Balaban J connectivity index is 3.37. The maximum absolute atomic E-state index is 11.6. The van der Waals surface area contributed by atoms with Crippen molar-refractivity contribution in [2.75, 3.05) is 5.32 Å². The molecule has 6 nitrogen and oxygen atoms in total. The highest BCUT2D eigenvalue weighted by molar-refractivity contribution is 5.99. The molecule has 0 aromatic carbocycles. The summed E-state index contributed by atoms with van der Waals surface area (Å²) in [5.41, 5.74) is 5.24. The van der Waals surface area contributed by atoms with Gasteiger partial charge in [-0.3, -0.25) is 9.59 Å². The van der Waals surface area contributed by atoms with Gasteiger partial charge >= 0.3 is 5.97 Å². The van der Waals surface area contributed by atoms with E-state index in [1.54, 1.807) is 47.6 Å². The Kier molecular flexibility index (Phi) is 4.32. The summed E-state index contributed by atoms with van der Waals surface area (Å²) >= 11 is 0. The van der Waals surface area contributed by atoms with Crippen LogP contribution in [-0.4, -0.2) is 27.5 Å². The van der Waals surface area contributed by atoms with Gasteiger partial charge < -0.3 is 16.2 Å². The minimum absolute atomic E-state index is 0.287. The summed E-state index contributed by atoms with van der Waals surface area (Å²) in [6.45, 7) is 10.3. The lowest BCUT2D eigenvalue weighted by Gasteiger charge is -2.39. The van der Waals surface area contributed by atoms with Crippen molar-refractivity contribution in [1.29, 1.82) is 0 Å². The summed E-state index contributed by atoms with van der Waals surface area (Å²) < 4.78 is 0. The Morgan fingerprint density at radius 1 is 1.24 bits per heavy atom. The van der Waals surface area contributed by atoms with Crippen molar-refractivity contribution in [2.45, 2.75) is 47.1 Å². The molecule has 0 atom stereocenters. The minimum Gasteiger partial charge on any atom is -0.481 e. The number of carbonyl (C=O) groups is 2. The van der Waals surface area contributed by atoms with Gasteiger partial charge in [0.2, 0.25) is 0 Å². The molecule has 1 aromatic heterocycles. The fourth-order valence-electron chi connectivity index (χ4n) is 1.96. The van der Waals surface area contributed by atoms with E-state index < -0.39 is 22.8 Å². The molecule has 0 fully saturated rings. The Labute approximate surface area is 124 Å². The van der Waals surface area contributed by atoms with Crippen LogP contribution in [0, 0.1) is 19.3 Å². The zero-order valence-electron chi connectivity index (χ0n) is 13.4. The van der Waals surface area contributed by atoms with E-state index in [2.05, 4.69) is 10.3 Å². The largest absolute Gasteiger partial charge is 0.481 e. The molecule has 0 radical (unpaired) electrons. The molecule has 0 aliphatic rings. The van der Waals surface area contributed by atoms with Crippen LogP contribution >= 0.6 is 0 Å². The number of carboxylic acids is 1. The highest BCUT2D eigenvalue weighted by Gasteiger charge is 2.44. The van der Waals surface area contributed by atoms with Crippen LogP contribution in [0.3, 0.4) is 0 Å². The zero-order valence-corrected chi connectivity index (χ0v) is 13.4. The first-order chi connectivity index (χ1) is 9.40. The number of aromatic nitrogens is 1. The monoisotopic (exact) mass is 293 g/mol. The molecule has 0 saturated heterocycles. The summed E-state index contributed by atoms with van der Waals surface area (Å²) in [7, 11) is 0. The van der Waals surface area contributed by atoms with Crippen LogP contribution in [-0.2, 0) is 4.79 Å². The average Bonchev–Trinajstić information content (AvgIpc) is 2.25. The van der Waals surface area contributed by atoms with Gasteiger partial charge in [-0.1, -0.05) is 0 Å². The van der Waals surface area contributed by atoms with Crippen molar-refractivity contribution in [3.05, 3.63) is 22.9 Å². The van der Waals surface area contributed by atoms with Gasteiger partial charge in [-0.25, -0.2) is 4.98 Å². The number of aryl methyl sites for hydroxylation is 2. The molecule has 21 heavy (non-hydrogen) atoms. The van der Waals surface area contributed by atoms with Crippen LogP contribution in [0.5, 0.6) is 0 Å². The van der Waals surface area contributed by atoms with E-state index in [9.17, 15) is 14.7 Å². The predicted molar refractivity (Wildman–Crippen MR) is 81.3 cm³/mol. The number of pyridine rings is 1. The number of anilines is 1. The van der Waals surface area contributed by atoms with E-state index >= 15 is 0 Å². The second kappa shape index (κ2) is 5.35. The summed E-state index contributed by atoms with van der Waals surface area (Å²) in [4.78, 5) is 27.4. The second-order valence-corrected chi connectivity index (χ2v) is 6.35. The van der Waals surface area contributed by atoms with E-state index in [-0.39, 0.29) is 5.56 Å². The highest BCUT2D eigenvalue weighted by Crippen LogP contribution is 2.34. The fraction of sp³-hybridized carbons (Fsp3) is 0.533. The molecular formula is C15H23N3O3. The van der Waals surface area contributed by atoms with Crippen LogP contribution in [0.2, 0.25) is 0 Å². The SMILES string of the molecule is Cc1cc(C)c(C(N)=O)c(NC(C)(C)C(C)(C)C(=O)O)n1. The molecule has 0 unspecified atom stereocenters. The van der Waals surface area contributed by atoms with E-state index in [1.165, 1.54) is 0 Å². The van der Waals surface area contributed by atoms with Gasteiger partial charge in [0.15, 0.2) is 0 Å². The van der Waals surface area contributed by atoms with E-state index in [0.29, 0.717) is 11.4 Å². The third kappa shape index (κ3) is 3.15. The summed E-state index contributed by atoms with van der Waals surface area (Å²) in [5.74, 6) is -1.21. The summed E-state index contributed by atoms with van der Waals surface area (Å²) in [6, 6.07) is 1.76. The highest BCUT2D eigenvalue weighted by atomic mass is 16.4. The molecule has 0 spiro atoms. The normalized spacial score (nSPS) is 12.1. The number of carboxylic acid groups (broad SMARTS) is 1. The van der Waals surface area contributed by atoms with Crippen LogP contribution in [0.25, 0.3) is 0 Å². The summed E-state index contributed by atoms with van der Waals surface area (Å²) in [5, 5.41) is 12.5. The van der Waals surface area contributed by atoms with Crippen LogP contribution in [0.4, 0.5) is 5.82 Å². The standard InChI is InChI=1S/C15H23N3O3/c1-8-7-9(2)17-12(10(8)11(16)19)18-15(5,6)14(3,4)13(20)21/h7H,1-6H3,(H2,16,19)(H,17,18)(H,20,21). The Morgan fingerprint density at radius 3 is 2.19 bits per heavy atom. The van der Waals surface area contributed by atoms with Gasteiger partial charge in [0.25, 0.3) is 5.91 Å². The maximum Gasteiger partial charge on any atom is 0.311 e. The molecule has 0 aliphatic carbocycles. The number of rotatable bonds is 5. The number of nitrogens with two attached hydrogens (primary N) is 1. The van der Waals surface area contributed by atoms with Gasteiger partial charge in [-0.2, -0.15) is 0 Å². The molecule has 116 valence electrons. The Morgan fingerprint density at radius 2 is 1.76 bits per heavy atom. The van der Waals surface area contributed by atoms with Crippen molar-refractivity contribution < 1.29 is 14.7 Å². The van der Waals surface area contributed by atoms with Crippen molar-refractivity contribution in [3.63, 3.8) is 0 Å². The van der Waals surface area contributed by atoms with Gasteiger partial charge in [-0.15, -0.1) is 0 Å². The smallest absolute Gasteiger partial charge is 0.311 e. The van der Waals surface area contributed by atoms with Crippen LogP contribution in [0.15, 0.2) is 6.07 Å². The lowest BCUT2D eigenvalue weighted by molar-refractivity contribution is -0.149. The molecule has 0 bridgehead atoms. The van der Waals surface area contributed by atoms with Crippen LogP contribution in [0.1, 0.15) is 49.3 Å². The number of nitrogens with zero attached hydrogens (tertiary/aromatic N) is 1. The first-order valence-electron chi connectivity index (χ1n) is 6.70. The molecular weight excluding hydrogens is 270 g/mol. The fourth-order valence-corrected chi connectivity index (χ4v) is 1.96. The molecule has 4 N–H and O–H groups in total. The van der Waals surface area contributed by atoms with Gasteiger partial charge in [-0.05, 0) is 53.2 Å². The van der Waals surface area contributed by atoms with Crippen molar-refractivity contribution in [1.82, 2.24) is 4.98 Å². The van der Waals surface area contributed by atoms with E-state index in [0.717, 1.165) is 5.69 Å². The topological polar surface area (TPSA) is 105 Å². The van der Waals surface area contributed by atoms with E-state index in [1.807, 2.05) is 0 Å². The second-order valence-electron chi connectivity index (χ2n) is 6.35. The van der Waals surface area contributed by atoms with Gasteiger partial charge in [0.1, 0.15) is 5.82 Å². The Bertz CT molecular complexity index is 592. The van der Waals surface area contributed by atoms with Crippen molar-refractivity contribution in [2.24, 2.45) is 11.1 Å². The Hall–Kier alpha value is -2.11. The molecule has 1 aromatic rings. The molecule has 6 heteroatoms. The molecule has 0 saturated carbocycles. The number of nitrogens with one attached hydrogen (secondary N) is 1.